The largest absolute Gasteiger partial charge is 0.478 e. The summed E-state index contributed by atoms with van der Waals surface area (Å²) in [6.45, 7) is -1.23. The van der Waals surface area contributed by atoms with Crippen molar-refractivity contribution in [2.24, 2.45) is 0 Å². The fourth-order valence-electron chi connectivity index (χ4n) is 2.20. The van der Waals surface area contributed by atoms with E-state index in [0.717, 1.165) is 13.8 Å². The Morgan fingerprint density at radius 3 is 1.95 bits per heavy atom. The third-order valence-electron chi connectivity index (χ3n) is 3.16. The molecule has 0 atom stereocenters. The number of carboxylic acids is 1. The van der Waals surface area contributed by atoms with Gasteiger partial charge in [0.25, 0.3) is 11.8 Å². The third kappa shape index (κ3) is 3.01. The molecule has 0 aliphatic rings. The molecule has 0 radical (unpaired) electrons. The highest BCUT2D eigenvalue weighted by molar-refractivity contribution is 5.92. The van der Waals surface area contributed by atoms with E-state index < -0.39 is 58.8 Å². The molecule has 1 aromatic carbocycles. The molecule has 118 valence electrons. The molecule has 8 heteroatoms. The summed E-state index contributed by atoms with van der Waals surface area (Å²) in [6.07, 6.45) is 0. The fraction of sp³-hybridized carbons (Fsp3) is 0.462. The molecule has 0 heterocycles. The van der Waals surface area contributed by atoms with Crippen LogP contribution in [0.2, 0.25) is 0 Å². The van der Waals surface area contributed by atoms with Crippen LogP contribution in [0.4, 0.5) is 17.6 Å². The third-order valence-corrected chi connectivity index (χ3v) is 3.16. The number of hydrogen-bond donors (Lipinski definition) is 3. The van der Waals surface area contributed by atoms with Crippen LogP contribution in [-0.2, 0) is 11.8 Å². The van der Waals surface area contributed by atoms with Crippen molar-refractivity contribution in [3.8, 4) is 0 Å². The van der Waals surface area contributed by atoms with Crippen molar-refractivity contribution in [3.63, 3.8) is 0 Å². The van der Waals surface area contributed by atoms with Crippen LogP contribution in [0.1, 0.15) is 32.6 Å². The van der Waals surface area contributed by atoms with E-state index >= 15 is 0 Å². The molecule has 0 spiro atoms. The molecule has 0 aromatic heterocycles. The van der Waals surface area contributed by atoms with Crippen LogP contribution in [0.15, 0.2) is 6.07 Å². The molecule has 21 heavy (non-hydrogen) atoms. The van der Waals surface area contributed by atoms with Gasteiger partial charge in [-0.15, -0.1) is 0 Å². The Morgan fingerprint density at radius 2 is 1.57 bits per heavy atom. The number of aliphatic hydroxyl groups is 2. The van der Waals surface area contributed by atoms with Gasteiger partial charge in [0.05, 0.1) is 5.56 Å². The number of rotatable bonds is 5. The minimum absolute atomic E-state index is 0.403. The Labute approximate surface area is 117 Å². The number of carbonyl (C=O) groups is 1. The minimum Gasteiger partial charge on any atom is -0.478 e. The van der Waals surface area contributed by atoms with E-state index in [9.17, 15) is 22.4 Å². The van der Waals surface area contributed by atoms with Crippen LogP contribution in [0, 0.1) is 13.8 Å². The standard InChI is InChI=1S/C13H14F4O4/c1-6-3-8(12(14,15)4-18)7(2)9(11(20)21)10(6)13(16,17)5-19/h3,18-19H,4-5H2,1-2H3,(H,20,21). The Hall–Kier alpha value is -1.67. The van der Waals surface area contributed by atoms with Crippen molar-refractivity contribution in [3.05, 3.63) is 33.9 Å². The predicted molar refractivity (Wildman–Crippen MR) is 64.8 cm³/mol. The highest BCUT2D eigenvalue weighted by Gasteiger charge is 2.41. The van der Waals surface area contributed by atoms with Crippen molar-refractivity contribution >= 4 is 5.97 Å². The van der Waals surface area contributed by atoms with Gasteiger partial charge in [-0.2, -0.15) is 17.6 Å². The molecule has 1 aromatic rings. The van der Waals surface area contributed by atoms with Gasteiger partial charge < -0.3 is 15.3 Å². The summed E-state index contributed by atoms with van der Waals surface area (Å²) in [5.74, 6) is -9.45. The van der Waals surface area contributed by atoms with Gasteiger partial charge in [-0.1, -0.05) is 0 Å². The van der Waals surface area contributed by atoms with E-state index in [1.807, 2.05) is 0 Å². The van der Waals surface area contributed by atoms with Gasteiger partial charge >= 0.3 is 5.97 Å². The summed E-state index contributed by atoms with van der Waals surface area (Å²) in [4.78, 5) is 11.2. The van der Waals surface area contributed by atoms with E-state index in [0.29, 0.717) is 6.07 Å². The first kappa shape index (κ1) is 17.4. The summed E-state index contributed by atoms with van der Waals surface area (Å²) in [7, 11) is 0. The lowest BCUT2D eigenvalue weighted by Gasteiger charge is -2.24. The van der Waals surface area contributed by atoms with Crippen molar-refractivity contribution in [2.45, 2.75) is 25.7 Å². The topological polar surface area (TPSA) is 77.8 Å². The SMILES string of the molecule is Cc1cc(C(F)(F)CO)c(C)c(C(=O)O)c1C(F)(F)CO. The first-order chi connectivity index (χ1) is 9.49. The second-order valence-electron chi connectivity index (χ2n) is 4.65. The number of aromatic carboxylic acids is 1. The van der Waals surface area contributed by atoms with Gasteiger partial charge in [0.15, 0.2) is 0 Å². The van der Waals surface area contributed by atoms with Crippen molar-refractivity contribution in [1.82, 2.24) is 0 Å². The molecule has 0 saturated heterocycles. The maximum absolute atomic E-state index is 13.7. The van der Waals surface area contributed by atoms with Crippen molar-refractivity contribution < 1.29 is 37.7 Å². The zero-order valence-electron chi connectivity index (χ0n) is 11.3. The maximum Gasteiger partial charge on any atom is 0.336 e. The molecular weight excluding hydrogens is 296 g/mol. The molecule has 4 nitrogen and oxygen atoms in total. The summed E-state index contributed by atoms with van der Waals surface area (Å²) >= 11 is 0. The van der Waals surface area contributed by atoms with E-state index in [2.05, 4.69) is 0 Å². The number of halogens is 4. The normalized spacial score (nSPS) is 12.6. The summed E-state index contributed by atoms with van der Waals surface area (Å²) in [5, 5.41) is 26.5. The van der Waals surface area contributed by atoms with E-state index in [1.165, 1.54) is 0 Å². The monoisotopic (exact) mass is 310 g/mol. The average molecular weight is 310 g/mol. The Balaban J connectivity index is 3.81. The second-order valence-corrected chi connectivity index (χ2v) is 4.65. The molecule has 0 aliphatic heterocycles. The number of benzene rings is 1. The molecular formula is C13H14F4O4. The number of alkyl halides is 4. The number of aliphatic hydroxyl groups excluding tert-OH is 2. The molecule has 0 aliphatic carbocycles. The van der Waals surface area contributed by atoms with Gasteiger partial charge in [0, 0.05) is 11.1 Å². The molecule has 1 rings (SSSR count). The van der Waals surface area contributed by atoms with Crippen LogP contribution in [-0.4, -0.2) is 34.5 Å². The molecule has 0 amide bonds. The van der Waals surface area contributed by atoms with Crippen LogP contribution in [0.25, 0.3) is 0 Å². The maximum atomic E-state index is 13.7. The Bertz CT molecular complexity index is 570. The number of hydrogen-bond acceptors (Lipinski definition) is 3. The van der Waals surface area contributed by atoms with Crippen LogP contribution >= 0.6 is 0 Å². The summed E-state index contributed by atoms with van der Waals surface area (Å²) in [5.41, 5.74) is -3.81. The fourth-order valence-corrected chi connectivity index (χ4v) is 2.20. The highest BCUT2D eigenvalue weighted by Crippen LogP contribution is 2.39. The zero-order chi connectivity index (χ0) is 16.6. The highest BCUT2D eigenvalue weighted by atomic mass is 19.3. The van der Waals surface area contributed by atoms with Crippen LogP contribution < -0.4 is 0 Å². The minimum atomic E-state index is -3.88. The molecule has 0 fully saturated rings. The summed E-state index contributed by atoms with van der Waals surface area (Å²) < 4.78 is 54.6. The van der Waals surface area contributed by atoms with Crippen molar-refractivity contribution in [1.29, 1.82) is 0 Å². The van der Waals surface area contributed by atoms with Crippen molar-refractivity contribution in [2.75, 3.05) is 13.2 Å². The van der Waals surface area contributed by atoms with Gasteiger partial charge in [0.1, 0.15) is 13.2 Å². The zero-order valence-corrected chi connectivity index (χ0v) is 11.3. The van der Waals surface area contributed by atoms with E-state index in [4.69, 9.17) is 15.3 Å². The predicted octanol–water partition coefficient (Wildman–Crippen LogP) is 2.17. The smallest absolute Gasteiger partial charge is 0.336 e. The molecule has 0 bridgehead atoms. The summed E-state index contributed by atoms with van der Waals surface area (Å²) in [6, 6.07) is 0.705. The van der Waals surface area contributed by atoms with Gasteiger partial charge in [-0.05, 0) is 31.0 Å². The molecule has 3 N–H and O–H groups in total. The number of carboxylic acid groups (broad SMARTS) is 1. The molecule has 0 saturated carbocycles. The lowest BCUT2D eigenvalue weighted by molar-refractivity contribution is -0.0601. The Morgan fingerprint density at radius 1 is 1.10 bits per heavy atom. The van der Waals surface area contributed by atoms with E-state index in [1.54, 1.807) is 0 Å². The van der Waals surface area contributed by atoms with Gasteiger partial charge in [-0.3, -0.25) is 0 Å². The van der Waals surface area contributed by atoms with Gasteiger partial charge in [-0.25, -0.2) is 4.79 Å². The van der Waals surface area contributed by atoms with Gasteiger partial charge in [0.2, 0.25) is 0 Å². The molecule has 0 unspecified atom stereocenters. The van der Waals surface area contributed by atoms with Crippen LogP contribution in [0.5, 0.6) is 0 Å². The lowest BCUT2D eigenvalue weighted by Crippen LogP contribution is -2.28. The quantitative estimate of drug-likeness (QED) is 0.728. The first-order valence-corrected chi connectivity index (χ1v) is 5.85. The van der Waals surface area contributed by atoms with E-state index in [-0.39, 0.29) is 0 Å². The van der Waals surface area contributed by atoms with Crippen LogP contribution in [0.3, 0.4) is 0 Å². The average Bonchev–Trinajstić information content (AvgIpc) is 2.39. The second kappa shape index (κ2) is 5.61. The lowest BCUT2D eigenvalue weighted by atomic mass is 9.87. The number of aryl methyl sites for hydroxylation is 1. The Kier molecular flexibility index (Phi) is 4.64. The first-order valence-electron chi connectivity index (χ1n) is 5.85.